The quantitative estimate of drug-likeness (QED) is 0.806. The summed E-state index contributed by atoms with van der Waals surface area (Å²) < 4.78 is 0. The van der Waals surface area contributed by atoms with Crippen molar-refractivity contribution >= 4 is 12.0 Å². The third-order valence-electron chi connectivity index (χ3n) is 4.47. The van der Waals surface area contributed by atoms with Crippen LogP contribution in [0.3, 0.4) is 0 Å². The molecule has 2 rings (SSSR count). The van der Waals surface area contributed by atoms with Crippen LogP contribution in [-0.4, -0.2) is 65.7 Å². The third kappa shape index (κ3) is 4.10. The van der Waals surface area contributed by atoms with Gasteiger partial charge in [-0.05, 0) is 18.8 Å². The summed E-state index contributed by atoms with van der Waals surface area (Å²) in [5.41, 5.74) is 0. The smallest absolute Gasteiger partial charge is 0.317 e. The van der Waals surface area contributed by atoms with Crippen LogP contribution in [0.4, 0.5) is 4.79 Å². The molecule has 6 heteroatoms. The Bertz CT molecular complexity index is 354. The fourth-order valence-corrected chi connectivity index (χ4v) is 3.04. The SMILES string of the molecule is CC1CCCC1NC(=O)N1CCN(CCC(=O)O)CC1. The molecule has 1 aliphatic carbocycles. The summed E-state index contributed by atoms with van der Waals surface area (Å²) in [5.74, 6) is -0.184. The van der Waals surface area contributed by atoms with E-state index in [4.69, 9.17) is 5.11 Å². The molecule has 2 unspecified atom stereocenters. The Hall–Kier alpha value is -1.30. The Kier molecular flexibility index (Phi) is 5.23. The lowest BCUT2D eigenvalue weighted by Gasteiger charge is -2.35. The minimum atomic E-state index is -0.764. The lowest BCUT2D eigenvalue weighted by molar-refractivity contribution is -0.137. The number of nitrogens with zero attached hydrogens (tertiary/aromatic N) is 2. The van der Waals surface area contributed by atoms with E-state index in [1.165, 1.54) is 12.8 Å². The van der Waals surface area contributed by atoms with Gasteiger partial charge in [-0.3, -0.25) is 9.69 Å². The molecule has 1 heterocycles. The van der Waals surface area contributed by atoms with Gasteiger partial charge in [-0.15, -0.1) is 0 Å². The molecule has 2 atom stereocenters. The van der Waals surface area contributed by atoms with Crippen LogP contribution in [0, 0.1) is 5.92 Å². The summed E-state index contributed by atoms with van der Waals surface area (Å²) in [5, 5.41) is 11.8. The molecular weight excluding hydrogens is 258 g/mol. The number of amides is 2. The minimum Gasteiger partial charge on any atom is -0.481 e. The first kappa shape index (κ1) is 15.1. The zero-order valence-electron chi connectivity index (χ0n) is 12.2. The van der Waals surface area contributed by atoms with Crippen LogP contribution in [0.5, 0.6) is 0 Å². The molecule has 2 N–H and O–H groups in total. The van der Waals surface area contributed by atoms with Crippen molar-refractivity contribution in [3.63, 3.8) is 0 Å². The Morgan fingerprint density at radius 3 is 2.45 bits per heavy atom. The highest BCUT2D eigenvalue weighted by Gasteiger charge is 2.28. The second-order valence-electron chi connectivity index (χ2n) is 5.94. The van der Waals surface area contributed by atoms with E-state index in [1.807, 2.05) is 4.90 Å². The maximum Gasteiger partial charge on any atom is 0.317 e. The first-order valence-corrected chi connectivity index (χ1v) is 7.56. The third-order valence-corrected chi connectivity index (χ3v) is 4.47. The van der Waals surface area contributed by atoms with Crippen molar-refractivity contribution in [3.8, 4) is 0 Å². The van der Waals surface area contributed by atoms with Gasteiger partial charge in [0.1, 0.15) is 0 Å². The summed E-state index contributed by atoms with van der Waals surface area (Å²) >= 11 is 0. The molecule has 0 aromatic rings. The van der Waals surface area contributed by atoms with Gasteiger partial charge in [0.2, 0.25) is 0 Å². The normalized spacial score (nSPS) is 27.6. The Morgan fingerprint density at radius 2 is 1.90 bits per heavy atom. The molecule has 20 heavy (non-hydrogen) atoms. The number of carbonyl (C=O) groups is 2. The van der Waals surface area contributed by atoms with Crippen molar-refractivity contribution in [1.82, 2.24) is 15.1 Å². The van der Waals surface area contributed by atoms with Gasteiger partial charge in [-0.25, -0.2) is 4.79 Å². The predicted octanol–water partition coefficient (Wildman–Crippen LogP) is 0.977. The molecule has 1 aliphatic heterocycles. The van der Waals surface area contributed by atoms with Gasteiger partial charge in [0.05, 0.1) is 6.42 Å². The summed E-state index contributed by atoms with van der Waals surface area (Å²) in [6.45, 7) is 5.67. The highest BCUT2D eigenvalue weighted by molar-refractivity contribution is 5.74. The summed E-state index contributed by atoms with van der Waals surface area (Å²) in [6.07, 6.45) is 3.67. The van der Waals surface area contributed by atoms with E-state index in [1.54, 1.807) is 0 Å². The van der Waals surface area contributed by atoms with Gasteiger partial charge >= 0.3 is 12.0 Å². The largest absolute Gasteiger partial charge is 0.481 e. The maximum atomic E-state index is 12.2. The summed E-state index contributed by atoms with van der Waals surface area (Å²) in [7, 11) is 0. The van der Waals surface area contributed by atoms with E-state index < -0.39 is 5.97 Å². The number of carbonyl (C=O) groups excluding carboxylic acids is 1. The van der Waals surface area contributed by atoms with Crippen LogP contribution < -0.4 is 5.32 Å². The predicted molar refractivity (Wildman–Crippen MR) is 75.6 cm³/mol. The number of rotatable bonds is 4. The maximum absolute atomic E-state index is 12.2. The van der Waals surface area contributed by atoms with Crippen LogP contribution in [0.1, 0.15) is 32.6 Å². The molecule has 2 fully saturated rings. The highest BCUT2D eigenvalue weighted by Crippen LogP contribution is 2.24. The van der Waals surface area contributed by atoms with Gasteiger partial charge in [-0.2, -0.15) is 0 Å². The minimum absolute atomic E-state index is 0.0432. The number of carboxylic acid groups (broad SMARTS) is 1. The van der Waals surface area contributed by atoms with E-state index in [9.17, 15) is 9.59 Å². The first-order chi connectivity index (χ1) is 9.56. The lowest BCUT2D eigenvalue weighted by Crippen LogP contribution is -2.53. The zero-order valence-corrected chi connectivity index (χ0v) is 12.2. The molecule has 1 saturated heterocycles. The Morgan fingerprint density at radius 1 is 1.20 bits per heavy atom. The van der Waals surface area contributed by atoms with Crippen LogP contribution in [0.15, 0.2) is 0 Å². The number of aliphatic carboxylic acids is 1. The topological polar surface area (TPSA) is 72.9 Å². The summed E-state index contributed by atoms with van der Waals surface area (Å²) in [6, 6.07) is 0.370. The molecule has 2 amide bonds. The number of urea groups is 1. The number of piperazine rings is 1. The van der Waals surface area contributed by atoms with Gasteiger partial charge in [-0.1, -0.05) is 13.3 Å². The van der Waals surface area contributed by atoms with Crippen molar-refractivity contribution in [2.24, 2.45) is 5.92 Å². The number of hydrogen-bond acceptors (Lipinski definition) is 3. The molecule has 6 nitrogen and oxygen atoms in total. The van der Waals surface area contributed by atoms with Gasteiger partial charge < -0.3 is 15.3 Å². The van der Waals surface area contributed by atoms with Crippen LogP contribution in [-0.2, 0) is 4.79 Å². The standard InChI is InChI=1S/C14H25N3O3/c1-11-3-2-4-12(11)15-14(20)17-9-7-16(8-10-17)6-5-13(18)19/h11-12H,2-10H2,1H3,(H,15,20)(H,18,19). The molecule has 2 aliphatic rings. The fourth-order valence-electron chi connectivity index (χ4n) is 3.04. The molecule has 1 saturated carbocycles. The average Bonchev–Trinajstić information content (AvgIpc) is 2.82. The van der Waals surface area contributed by atoms with Crippen LogP contribution in [0.2, 0.25) is 0 Å². The Balaban J connectivity index is 1.70. The van der Waals surface area contributed by atoms with E-state index >= 15 is 0 Å². The fraction of sp³-hybridized carbons (Fsp3) is 0.857. The van der Waals surface area contributed by atoms with E-state index in [-0.39, 0.29) is 12.5 Å². The second-order valence-corrected chi connectivity index (χ2v) is 5.94. The first-order valence-electron chi connectivity index (χ1n) is 7.56. The van der Waals surface area contributed by atoms with Crippen molar-refractivity contribution < 1.29 is 14.7 Å². The number of carboxylic acids is 1. The van der Waals surface area contributed by atoms with Gasteiger partial charge in [0.15, 0.2) is 0 Å². The lowest BCUT2D eigenvalue weighted by atomic mass is 10.1. The molecule has 0 spiro atoms. The molecule has 0 aromatic heterocycles. The van der Waals surface area contributed by atoms with Crippen LogP contribution >= 0.6 is 0 Å². The van der Waals surface area contributed by atoms with Crippen LogP contribution in [0.25, 0.3) is 0 Å². The number of nitrogens with one attached hydrogen (secondary N) is 1. The molecular formula is C14H25N3O3. The monoisotopic (exact) mass is 283 g/mol. The van der Waals surface area contributed by atoms with Gasteiger partial charge in [0.25, 0.3) is 0 Å². The Labute approximate surface area is 120 Å². The van der Waals surface area contributed by atoms with E-state index in [0.29, 0.717) is 31.6 Å². The molecule has 0 radical (unpaired) electrons. The van der Waals surface area contributed by atoms with Crippen molar-refractivity contribution in [3.05, 3.63) is 0 Å². The number of hydrogen-bond donors (Lipinski definition) is 2. The van der Waals surface area contributed by atoms with E-state index in [2.05, 4.69) is 17.1 Å². The van der Waals surface area contributed by atoms with E-state index in [0.717, 1.165) is 19.5 Å². The molecule has 0 aromatic carbocycles. The van der Waals surface area contributed by atoms with Crippen molar-refractivity contribution in [2.75, 3.05) is 32.7 Å². The second kappa shape index (κ2) is 6.92. The molecule has 0 bridgehead atoms. The molecule has 114 valence electrons. The zero-order chi connectivity index (χ0) is 14.5. The van der Waals surface area contributed by atoms with Gasteiger partial charge in [0, 0.05) is 38.8 Å². The highest BCUT2D eigenvalue weighted by atomic mass is 16.4. The average molecular weight is 283 g/mol. The van der Waals surface area contributed by atoms with Crippen molar-refractivity contribution in [2.45, 2.75) is 38.6 Å². The summed E-state index contributed by atoms with van der Waals surface area (Å²) in [4.78, 5) is 26.7. The van der Waals surface area contributed by atoms with Crippen molar-refractivity contribution in [1.29, 1.82) is 0 Å².